The van der Waals surface area contributed by atoms with Crippen LogP contribution in [0.15, 0.2) is 42.5 Å². The van der Waals surface area contributed by atoms with Crippen molar-refractivity contribution in [3.8, 4) is 0 Å². The van der Waals surface area contributed by atoms with Gasteiger partial charge in [0.2, 0.25) is 0 Å². The summed E-state index contributed by atoms with van der Waals surface area (Å²) in [6.07, 6.45) is 0. The van der Waals surface area contributed by atoms with Crippen molar-refractivity contribution in [2.75, 3.05) is 17.2 Å². The van der Waals surface area contributed by atoms with Crippen LogP contribution in [0.2, 0.25) is 5.02 Å². The molecule has 0 aliphatic rings. The average molecular weight is 279 g/mol. The molecule has 0 atom stereocenters. The summed E-state index contributed by atoms with van der Waals surface area (Å²) in [4.78, 5) is 2.08. The first-order chi connectivity index (χ1) is 9.10. The van der Waals surface area contributed by atoms with E-state index < -0.39 is 0 Å². The van der Waals surface area contributed by atoms with Gasteiger partial charge in [-0.1, -0.05) is 23.7 Å². The molecular weight excluding hydrogens is 263 g/mol. The van der Waals surface area contributed by atoms with Gasteiger partial charge in [0.05, 0.1) is 10.7 Å². The summed E-state index contributed by atoms with van der Waals surface area (Å²) in [5.74, 6) is -0.230. The van der Waals surface area contributed by atoms with Crippen LogP contribution in [0, 0.1) is 5.82 Å². The van der Waals surface area contributed by atoms with Crippen molar-refractivity contribution >= 4 is 23.0 Å². The van der Waals surface area contributed by atoms with Crippen LogP contribution in [-0.4, -0.2) is 6.54 Å². The normalized spacial score (nSPS) is 10.5. The van der Waals surface area contributed by atoms with E-state index in [1.165, 1.54) is 12.1 Å². The molecule has 2 nitrogen and oxygen atoms in total. The number of nitrogens with two attached hydrogens (primary N) is 1. The maximum absolute atomic E-state index is 13.3. The van der Waals surface area contributed by atoms with Gasteiger partial charge in [0.1, 0.15) is 5.82 Å². The maximum Gasteiger partial charge on any atom is 0.125 e. The molecule has 2 aromatic carbocycles. The van der Waals surface area contributed by atoms with Gasteiger partial charge in [0.15, 0.2) is 0 Å². The number of rotatable bonds is 4. The standard InChI is InChI=1S/C15H16ClFN2/c1-2-19(13-5-3-4-12(17)9-13)10-11-6-7-14(16)15(18)8-11/h3-9H,2,10,18H2,1H3. The molecule has 2 aromatic rings. The molecule has 19 heavy (non-hydrogen) atoms. The van der Waals surface area contributed by atoms with Gasteiger partial charge in [-0.25, -0.2) is 4.39 Å². The van der Waals surface area contributed by atoms with E-state index in [1.54, 1.807) is 12.1 Å². The number of benzene rings is 2. The number of hydrogen-bond acceptors (Lipinski definition) is 2. The Kier molecular flexibility index (Phi) is 4.27. The highest BCUT2D eigenvalue weighted by atomic mass is 35.5. The summed E-state index contributed by atoms with van der Waals surface area (Å²) < 4.78 is 13.3. The van der Waals surface area contributed by atoms with Crippen molar-refractivity contribution in [2.24, 2.45) is 0 Å². The molecule has 0 aliphatic carbocycles. The Bertz CT molecular complexity index is 572. The lowest BCUT2D eigenvalue weighted by molar-refractivity contribution is 0.626. The first-order valence-electron chi connectivity index (χ1n) is 6.14. The monoisotopic (exact) mass is 278 g/mol. The third kappa shape index (κ3) is 3.38. The van der Waals surface area contributed by atoms with E-state index in [0.29, 0.717) is 17.3 Å². The number of anilines is 2. The summed E-state index contributed by atoms with van der Waals surface area (Å²) >= 11 is 5.90. The molecule has 0 bridgehead atoms. The van der Waals surface area contributed by atoms with Gasteiger partial charge in [-0.3, -0.25) is 0 Å². The second-order valence-corrected chi connectivity index (χ2v) is 4.76. The smallest absolute Gasteiger partial charge is 0.125 e. The lowest BCUT2D eigenvalue weighted by Crippen LogP contribution is -2.22. The summed E-state index contributed by atoms with van der Waals surface area (Å²) in [5.41, 5.74) is 8.26. The Balaban J connectivity index is 2.21. The number of halogens is 2. The molecule has 0 amide bonds. The molecule has 2 rings (SSSR count). The highest BCUT2D eigenvalue weighted by Gasteiger charge is 2.07. The van der Waals surface area contributed by atoms with E-state index in [-0.39, 0.29) is 5.82 Å². The molecule has 0 heterocycles. The topological polar surface area (TPSA) is 29.3 Å². The first-order valence-corrected chi connectivity index (χ1v) is 6.52. The fourth-order valence-electron chi connectivity index (χ4n) is 1.97. The largest absolute Gasteiger partial charge is 0.398 e. The van der Waals surface area contributed by atoms with E-state index in [4.69, 9.17) is 17.3 Å². The first kappa shape index (κ1) is 13.7. The number of nitrogen functional groups attached to an aromatic ring is 1. The summed E-state index contributed by atoms with van der Waals surface area (Å²) in [5, 5.41) is 0.553. The van der Waals surface area contributed by atoms with Gasteiger partial charge in [-0.15, -0.1) is 0 Å². The Morgan fingerprint density at radius 3 is 2.63 bits per heavy atom. The highest BCUT2D eigenvalue weighted by molar-refractivity contribution is 6.33. The summed E-state index contributed by atoms with van der Waals surface area (Å²) in [6.45, 7) is 3.48. The summed E-state index contributed by atoms with van der Waals surface area (Å²) in [7, 11) is 0. The van der Waals surface area contributed by atoms with E-state index in [0.717, 1.165) is 17.8 Å². The zero-order valence-corrected chi connectivity index (χ0v) is 11.5. The second-order valence-electron chi connectivity index (χ2n) is 4.35. The second kappa shape index (κ2) is 5.93. The molecular formula is C15H16ClFN2. The quantitative estimate of drug-likeness (QED) is 0.854. The zero-order chi connectivity index (χ0) is 13.8. The lowest BCUT2D eigenvalue weighted by Gasteiger charge is -2.23. The lowest BCUT2D eigenvalue weighted by atomic mass is 10.1. The van der Waals surface area contributed by atoms with Crippen molar-refractivity contribution in [1.82, 2.24) is 0 Å². The van der Waals surface area contributed by atoms with Crippen molar-refractivity contribution in [3.63, 3.8) is 0 Å². The van der Waals surface area contributed by atoms with Crippen LogP contribution in [0.1, 0.15) is 12.5 Å². The third-order valence-corrected chi connectivity index (χ3v) is 3.33. The van der Waals surface area contributed by atoms with Crippen molar-refractivity contribution < 1.29 is 4.39 Å². The van der Waals surface area contributed by atoms with Crippen LogP contribution in [0.25, 0.3) is 0 Å². The van der Waals surface area contributed by atoms with Crippen LogP contribution in [0.4, 0.5) is 15.8 Å². The number of hydrogen-bond donors (Lipinski definition) is 1. The van der Waals surface area contributed by atoms with Crippen molar-refractivity contribution in [2.45, 2.75) is 13.5 Å². The molecule has 4 heteroatoms. The zero-order valence-electron chi connectivity index (χ0n) is 10.7. The molecule has 0 aliphatic heterocycles. The fourth-order valence-corrected chi connectivity index (χ4v) is 2.09. The predicted octanol–water partition coefficient (Wildman–Crippen LogP) is 4.09. The number of nitrogens with zero attached hydrogens (tertiary/aromatic N) is 1. The highest BCUT2D eigenvalue weighted by Crippen LogP contribution is 2.23. The molecule has 0 fully saturated rings. The molecule has 0 unspecified atom stereocenters. The van der Waals surface area contributed by atoms with Gasteiger partial charge < -0.3 is 10.6 Å². The van der Waals surface area contributed by atoms with Crippen LogP contribution in [0.3, 0.4) is 0 Å². The fraction of sp³-hybridized carbons (Fsp3) is 0.200. The van der Waals surface area contributed by atoms with Crippen molar-refractivity contribution in [1.29, 1.82) is 0 Å². The van der Waals surface area contributed by atoms with Gasteiger partial charge in [-0.05, 0) is 42.8 Å². The van der Waals surface area contributed by atoms with Gasteiger partial charge in [0.25, 0.3) is 0 Å². The van der Waals surface area contributed by atoms with Crippen LogP contribution in [-0.2, 0) is 6.54 Å². The predicted molar refractivity (Wildman–Crippen MR) is 79.0 cm³/mol. The van der Waals surface area contributed by atoms with E-state index in [2.05, 4.69) is 4.90 Å². The minimum Gasteiger partial charge on any atom is -0.398 e. The average Bonchev–Trinajstić information content (AvgIpc) is 2.40. The Morgan fingerprint density at radius 1 is 1.21 bits per heavy atom. The van der Waals surface area contributed by atoms with Gasteiger partial charge in [0, 0.05) is 18.8 Å². The Labute approximate surface area is 117 Å². The van der Waals surface area contributed by atoms with Crippen LogP contribution < -0.4 is 10.6 Å². The van der Waals surface area contributed by atoms with Gasteiger partial charge >= 0.3 is 0 Å². The molecule has 0 radical (unpaired) electrons. The van der Waals surface area contributed by atoms with Crippen LogP contribution in [0.5, 0.6) is 0 Å². The SMILES string of the molecule is CCN(Cc1ccc(Cl)c(N)c1)c1cccc(F)c1. The Morgan fingerprint density at radius 2 is 2.00 bits per heavy atom. The molecule has 0 aromatic heterocycles. The molecule has 2 N–H and O–H groups in total. The molecule has 0 saturated carbocycles. The molecule has 0 saturated heterocycles. The van der Waals surface area contributed by atoms with Crippen molar-refractivity contribution in [3.05, 3.63) is 58.9 Å². The molecule has 0 spiro atoms. The summed E-state index contributed by atoms with van der Waals surface area (Å²) in [6, 6.07) is 12.1. The Hall–Kier alpha value is -1.74. The molecule has 100 valence electrons. The minimum atomic E-state index is -0.230. The maximum atomic E-state index is 13.3. The third-order valence-electron chi connectivity index (χ3n) is 2.99. The van der Waals surface area contributed by atoms with Gasteiger partial charge in [-0.2, -0.15) is 0 Å². The van der Waals surface area contributed by atoms with E-state index >= 15 is 0 Å². The van der Waals surface area contributed by atoms with E-state index in [9.17, 15) is 4.39 Å². The van der Waals surface area contributed by atoms with E-state index in [1.807, 2.05) is 25.1 Å². The van der Waals surface area contributed by atoms with Crippen LogP contribution >= 0.6 is 11.6 Å². The minimum absolute atomic E-state index is 0.230.